The summed E-state index contributed by atoms with van der Waals surface area (Å²) in [5.74, 6) is -1.17. The number of nitrogens with one attached hydrogen (secondary N) is 1. The van der Waals surface area contributed by atoms with Crippen LogP contribution in [0.2, 0.25) is 0 Å². The summed E-state index contributed by atoms with van der Waals surface area (Å²) in [5, 5.41) is 3.16. The molecule has 1 heterocycles. The van der Waals surface area contributed by atoms with Gasteiger partial charge in [0.15, 0.2) is 0 Å². The van der Waals surface area contributed by atoms with E-state index in [4.69, 9.17) is 0 Å². The Morgan fingerprint density at radius 2 is 1.82 bits per heavy atom. The van der Waals surface area contributed by atoms with Gasteiger partial charge in [0.2, 0.25) is 0 Å². The third kappa shape index (κ3) is 3.00. The van der Waals surface area contributed by atoms with Crippen molar-refractivity contribution >= 4 is 0 Å². The van der Waals surface area contributed by atoms with E-state index in [1.807, 2.05) is 31.2 Å². The quantitative estimate of drug-likeness (QED) is 0.794. The van der Waals surface area contributed by atoms with E-state index >= 15 is 0 Å². The van der Waals surface area contributed by atoms with Crippen molar-refractivity contribution in [3.8, 4) is 0 Å². The summed E-state index contributed by atoms with van der Waals surface area (Å²) < 4.78 is 38.0. The smallest absolute Gasteiger partial charge is 0.310 e. The van der Waals surface area contributed by atoms with Crippen molar-refractivity contribution in [3.63, 3.8) is 0 Å². The van der Waals surface area contributed by atoms with E-state index in [2.05, 4.69) is 5.32 Å². The minimum Gasteiger partial charge on any atom is -0.310 e. The Balaban J connectivity index is 2.09. The van der Waals surface area contributed by atoms with Gasteiger partial charge in [0.25, 0.3) is 0 Å². The van der Waals surface area contributed by atoms with Crippen molar-refractivity contribution in [2.45, 2.75) is 32.0 Å². The monoisotopic (exact) mass is 243 g/mol. The summed E-state index contributed by atoms with van der Waals surface area (Å²) in [4.78, 5) is 0. The zero-order chi connectivity index (χ0) is 12.5. The molecule has 17 heavy (non-hydrogen) atoms. The van der Waals surface area contributed by atoms with E-state index in [1.165, 1.54) is 0 Å². The lowest BCUT2D eigenvalue weighted by molar-refractivity contribution is -0.183. The summed E-state index contributed by atoms with van der Waals surface area (Å²) in [6.45, 7) is 2.40. The van der Waals surface area contributed by atoms with Gasteiger partial charge < -0.3 is 5.32 Å². The normalized spacial score (nSPS) is 25.9. The molecule has 1 aromatic rings. The van der Waals surface area contributed by atoms with Crippen molar-refractivity contribution in [2.24, 2.45) is 5.92 Å². The van der Waals surface area contributed by atoms with E-state index in [0.717, 1.165) is 11.1 Å². The van der Waals surface area contributed by atoms with Crippen LogP contribution in [0.4, 0.5) is 13.2 Å². The zero-order valence-electron chi connectivity index (χ0n) is 9.72. The molecule has 1 N–H and O–H groups in total. The van der Waals surface area contributed by atoms with Crippen LogP contribution in [-0.4, -0.2) is 12.7 Å². The fraction of sp³-hybridized carbons (Fsp3) is 0.538. The summed E-state index contributed by atoms with van der Waals surface area (Å²) in [5.41, 5.74) is 2.07. The van der Waals surface area contributed by atoms with Gasteiger partial charge in [-0.1, -0.05) is 29.8 Å². The van der Waals surface area contributed by atoms with E-state index in [0.29, 0.717) is 6.54 Å². The van der Waals surface area contributed by atoms with Crippen LogP contribution in [0.1, 0.15) is 30.0 Å². The van der Waals surface area contributed by atoms with Gasteiger partial charge in [-0.15, -0.1) is 0 Å². The summed E-state index contributed by atoms with van der Waals surface area (Å²) >= 11 is 0. The molecular formula is C13H16F3N. The third-order valence-electron chi connectivity index (χ3n) is 3.35. The van der Waals surface area contributed by atoms with Crippen LogP contribution >= 0.6 is 0 Å². The second kappa shape index (κ2) is 4.69. The Bertz CT molecular complexity index is 369. The molecule has 2 atom stereocenters. The fourth-order valence-corrected chi connectivity index (χ4v) is 2.27. The first-order valence-electron chi connectivity index (χ1n) is 5.83. The van der Waals surface area contributed by atoms with Crippen LogP contribution in [0, 0.1) is 12.8 Å². The molecule has 1 aromatic carbocycles. The summed E-state index contributed by atoms with van der Waals surface area (Å²) in [6.07, 6.45) is -3.73. The van der Waals surface area contributed by atoms with Gasteiger partial charge in [-0.2, -0.15) is 13.2 Å². The lowest BCUT2D eigenvalue weighted by Gasteiger charge is -2.31. The maximum Gasteiger partial charge on any atom is 0.391 e. The van der Waals surface area contributed by atoms with Crippen molar-refractivity contribution in [1.29, 1.82) is 0 Å². The SMILES string of the molecule is Cc1ccc(C2CC(C(F)(F)F)CCN2)cc1. The molecule has 94 valence electrons. The highest BCUT2D eigenvalue weighted by molar-refractivity contribution is 5.24. The zero-order valence-corrected chi connectivity index (χ0v) is 9.72. The summed E-state index contributed by atoms with van der Waals surface area (Å²) in [7, 11) is 0. The van der Waals surface area contributed by atoms with Crippen molar-refractivity contribution in [1.82, 2.24) is 5.32 Å². The molecule has 4 heteroatoms. The molecule has 2 rings (SSSR count). The van der Waals surface area contributed by atoms with Crippen molar-refractivity contribution < 1.29 is 13.2 Å². The van der Waals surface area contributed by atoms with Crippen LogP contribution in [0.5, 0.6) is 0 Å². The number of alkyl halides is 3. The number of benzene rings is 1. The number of piperidine rings is 1. The van der Waals surface area contributed by atoms with Crippen LogP contribution in [0.15, 0.2) is 24.3 Å². The number of halogens is 3. The third-order valence-corrected chi connectivity index (χ3v) is 3.35. The standard InChI is InChI=1S/C13H16F3N/c1-9-2-4-10(5-3-9)12-8-11(6-7-17-12)13(14,15)16/h2-5,11-12,17H,6-8H2,1H3. The van der Waals surface area contributed by atoms with Gasteiger partial charge in [0.05, 0.1) is 5.92 Å². The minimum absolute atomic E-state index is 0.145. The number of rotatable bonds is 1. The maximum atomic E-state index is 12.7. The molecule has 1 saturated heterocycles. The van der Waals surface area contributed by atoms with Gasteiger partial charge in [0, 0.05) is 6.04 Å². The molecule has 1 fully saturated rings. The lowest BCUT2D eigenvalue weighted by atomic mass is 9.88. The molecule has 2 unspecified atom stereocenters. The number of hydrogen-bond acceptors (Lipinski definition) is 1. The van der Waals surface area contributed by atoms with Crippen LogP contribution < -0.4 is 5.32 Å². The first kappa shape index (κ1) is 12.4. The topological polar surface area (TPSA) is 12.0 Å². The molecule has 0 aromatic heterocycles. The average molecular weight is 243 g/mol. The number of aryl methyl sites for hydroxylation is 1. The molecule has 0 saturated carbocycles. The van der Waals surface area contributed by atoms with Crippen molar-refractivity contribution in [3.05, 3.63) is 35.4 Å². The first-order valence-corrected chi connectivity index (χ1v) is 5.83. The Morgan fingerprint density at radius 3 is 2.41 bits per heavy atom. The molecule has 1 aliphatic rings. The molecular weight excluding hydrogens is 227 g/mol. The maximum absolute atomic E-state index is 12.7. The van der Waals surface area contributed by atoms with Crippen LogP contribution in [0.3, 0.4) is 0 Å². The second-order valence-electron chi connectivity index (χ2n) is 4.68. The van der Waals surface area contributed by atoms with Gasteiger partial charge in [0.1, 0.15) is 0 Å². The highest BCUT2D eigenvalue weighted by Crippen LogP contribution is 2.38. The van der Waals surface area contributed by atoms with Gasteiger partial charge in [-0.25, -0.2) is 0 Å². The number of hydrogen-bond donors (Lipinski definition) is 1. The predicted octanol–water partition coefficient (Wildman–Crippen LogP) is 3.60. The predicted molar refractivity (Wildman–Crippen MR) is 60.7 cm³/mol. The largest absolute Gasteiger partial charge is 0.391 e. The molecule has 0 bridgehead atoms. The van der Waals surface area contributed by atoms with Gasteiger partial charge in [-0.3, -0.25) is 0 Å². The molecule has 0 radical (unpaired) electrons. The van der Waals surface area contributed by atoms with E-state index < -0.39 is 12.1 Å². The Hall–Kier alpha value is -1.03. The Labute approximate surface area is 99.0 Å². The van der Waals surface area contributed by atoms with E-state index in [-0.39, 0.29) is 18.9 Å². The molecule has 1 nitrogen and oxygen atoms in total. The van der Waals surface area contributed by atoms with Gasteiger partial charge >= 0.3 is 6.18 Å². The Kier molecular flexibility index (Phi) is 3.43. The summed E-state index contributed by atoms with van der Waals surface area (Å²) in [6, 6.07) is 7.52. The lowest BCUT2D eigenvalue weighted by Crippen LogP contribution is -2.37. The van der Waals surface area contributed by atoms with Gasteiger partial charge in [-0.05, 0) is 31.9 Å². The fourth-order valence-electron chi connectivity index (χ4n) is 2.27. The molecule has 1 aliphatic heterocycles. The minimum atomic E-state index is -4.06. The highest BCUT2D eigenvalue weighted by atomic mass is 19.4. The molecule has 0 amide bonds. The van der Waals surface area contributed by atoms with Crippen molar-refractivity contribution in [2.75, 3.05) is 6.54 Å². The van der Waals surface area contributed by atoms with E-state index in [1.54, 1.807) is 0 Å². The molecule has 0 spiro atoms. The molecule has 0 aliphatic carbocycles. The average Bonchev–Trinajstić information content (AvgIpc) is 2.29. The first-order chi connectivity index (χ1) is 7.97. The highest BCUT2D eigenvalue weighted by Gasteiger charge is 2.42. The van der Waals surface area contributed by atoms with Crippen LogP contribution in [-0.2, 0) is 0 Å². The van der Waals surface area contributed by atoms with E-state index in [9.17, 15) is 13.2 Å². The van der Waals surface area contributed by atoms with Crippen LogP contribution in [0.25, 0.3) is 0 Å². The Morgan fingerprint density at radius 1 is 1.18 bits per heavy atom. The second-order valence-corrected chi connectivity index (χ2v) is 4.68.